The van der Waals surface area contributed by atoms with Crippen molar-refractivity contribution in [2.45, 2.75) is 32.5 Å². The molecule has 0 unspecified atom stereocenters. The van der Waals surface area contributed by atoms with E-state index in [4.69, 9.17) is 4.74 Å². The van der Waals surface area contributed by atoms with Crippen LogP contribution < -0.4 is 4.74 Å². The Bertz CT molecular complexity index is 634. The summed E-state index contributed by atoms with van der Waals surface area (Å²) in [5, 5.41) is 20.3. The van der Waals surface area contributed by atoms with Gasteiger partial charge in [0.1, 0.15) is 11.5 Å². The fourth-order valence-electron chi connectivity index (χ4n) is 2.93. The number of rotatable bonds is 2. The zero-order chi connectivity index (χ0) is 14.3. The molecule has 3 heteroatoms. The highest BCUT2D eigenvalue weighted by Gasteiger charge is 2.35. The number of fused-ring (bicyclic) bond motifs is 1. The summed E-state index contributed by atoms with van der Waals surface area (Å²) in [6, 6.07) is 11.8. The van der Waals surface area contributed by atoms with Gasteiger partial charge in [-0.05, 0) is 43.0 Å². The number of ether oxygens (including phenoxy) is 1. The molecule has 0 radical (unpaired) electrons. The van der Waals surface area contributed by atoms with Gasteiger partial charge in [-0.15, -0.1) is 0 Å². The number of benzene rings is 2. The molecule has 3 nitrogen and oxygen atoms in total. The van der Waals surface area contributed by atoms with E-state index < -0.39 is 6.29 Å². The molecule has 0 aromatic heterocycles. The van der Waals surface area contributed by atoms with Crippen LogP contribution in [-0.4, -0.2) is 16.5 Å². The minimum absolute atomic E-state index is 0.140. The van der Waals surface area contributed by atoms with Crippen molar-refractivity contribution in [3.05, 3.63) is 58.7 Å². The van der Waals surface area contributed by atoms with Gasteiger partial charge in [0.25, 0.3) is 0 Å². The summed E-state index contributed by atoms with van der Waals surface area (Å²) in [5.74, 6) is 0.838. The molecule has 0 bridgehead atoms. The molecule has 0 amide bonds. The molecule has 0 saturated carbocycles. The molecule has 2 aromatic rings. The van der Waals surface area contributed by atoms with Gasteiger partial charge in [0, 0.05) is 5.56 Å². The highest BCUT2D eigenvalue weighted by atomic mass is 16.6. The van der Waals surface area contributed by atoms with Gasteiger partial charge in [-0.1, -0.05) is 30.3 Å². The van der Waals surface area contributed by atoms with E-state index in [0.717, 1.165) is 22.3 Å². The van der Waals surface area contributed by atoms with E-state index in [1.165, 1.54) is 0 Å². The van der Waals surface area contributed by atoms with E-state index >= 15 is 0 Å². The highest BCUT2D eigenvalue weighted by molar-refractivity contribution is 5.55. The lowest BCUT2D eigenvalue weighted by Crippen LogP contribution is -2.19. The fraction of sp³-hybridized carbons (Fsp3) is 0.294. The molecule has 20 heavy (non-hydrogen) atoms. The summed E-state index contributed by atoms with van der Waals surface area (Å²) in [5.41, 5.74) is 3.64. The predicted octanol–water partition coefficient (Wildman–Crippen LogP) is 3.05. The topological polar surface area (TPSA) is 49.7 Å². The number of aliphatic hydroxyl groups excluding tert-OH is 1. The number of aliphatic hydroxyl groups is 1. The van der Waals surface area contributed by atoms with E-state index in [1.54, 1.807) is 6.07 Å². The first-order chi connectivity index (χ1) is 9.58. The smallest absolute Gasteiger partial charge is 0.204 e. The first-order valence-corrected chi connectivity index (χ1v) is 6.79. The van der Waals surface area contributed by atoms with Crippen LogP contribution in [0.15, 0.2) is 36.4 Å². The van der Waals surface area contributed by atoms with Crippen molar-refractivity contribution in [1.82, 2.24) is 0 Å². The quantitative estimate of drug-likeness (QED) is 0.881. The van der Waals surface area contributed by atoms with Crippen LogP contribution in [0.2, 0.25) is 0 Å². The molecular weight excluding hydrogens is 252 g/mol. The van der Waals surface area contributed by atoms with Crippen molar-refractivity contribution >= 4 is 0 Å². The lowest BCUT2D eigenvalue weighted by atomic mass is 9.88. The molecule has 0 fully saturated rings. The van der Waals surface area contributed by atoms with Crippen LogP contribution in [0, 0.1) is 13.8 Å². The molecule has 1 aliphatic rings. The summed E-state index contributed by atoms with van der Waals surface area (Å²) in [4.78, 5) is 0. The molecule has 1 aliphatic heterocycles. The Morgan fingerprint density at radius 3 is 2.55 bits per heavy atom. The largest absolute Gasteiger partial charge is 0.507 e. The van der Waals surface area contributed by atoms with Crippen LogP contribution in [0.3, 0.4) is 0 Å². The molecule has 2 atom stereocenters. The molecule has 0 aliphatic carbocycles. The van der Waals surface area contributed by atoms with Gasteiger partial charge in [0.2, 0.25) is 6.29 Å². The third-order valence-electron chi connectivity index (χ3n) is 4.01. The lowest BCUT2D eigenvalue weighted by molar-refractivity contribution is -0.0181. The molecule has 104 valence electrons. The van der Waals surface area contributed by atoms with Gasteiger partial charge in [-0.25, -0.2) is 0 Å². The minimum atomic E-state index is -0.856. The van der Waals surface area contributed by atoms with Crippen molar-refractivity contribution in [3.63, 3.8) is 0 Å². The van der Waals surface area contributed by atoms with Crippen molar-refractivity contribution in [2.24, 2.45) is 0 Å². The van der Waals surface area contributed by atoms with Gasteiger partial charge < -0.3 is 14.9 Å². The Morgan fingerprint density at radius 1 is 1.15 bits per heavy atom. The average molecular weight is 270 g/mol. The number of aryl methyl sites for hydroxylation is 1. The second-order valence-electron chi connectivity index (χ2n) is 5.38. The summed E-state index contributed by atoms with van der Waals surface area (Å²) in [7, 11) is 0. The number of phenols is 1. The zero-order valence-electron chi connectivity index (χ0n) is 11.6. The Balaban J connectivity index is 2.01. The maximum atomic E-state index is 10.2. The first-order valence-electron chi connectivity index (χ1n) is 6.79. The second kappa shape index (κ2) is 4.84. The molecule has 3 rings (SSSR count). The van der Waals surface area contributed by atoms with Crippen molar-refractivity contribution in [3.8, 4) is 11.5 Å². The Hall–Kier alpha value is -2.00. The SMILES string of the molecule is Cc1cc2c(c(C)c1O)[C@@H](Cc1ccccc1)[C@H](O)O2. The standard InChI is InChI=1S/C17H18O3/c1-10-8-14-15(11(2)16(10)18)13(17(19)20-14)9-12-6-4-3-5-7-12/h3-8,13,17-19H,9H2,1-2H3/t13-,17-/m1/s1. The molecular formula is C17H18O3. The Labute approximate surface area is 118 Å². The Kier molecular flexibility index (Phi) is 3.14. The molecule has 0 spiro atoms. The molecule has 0 saturated heterocycles. The maximum absolute atomic E-state index is 10.2. The van der Waals surface area contributed by atoms with Crippen molar-refractivity contribution in [1.29, 1.82) is 0 Å². The Morgan fingerprint density at radius 2 is 1.85 bits per heavy atom. The number of aromatic hydroxyl groups is 1. The van der Waals surface area contributed by atoms with E-state index in [0.29, 0.717) is 17.9 Å². The lowest BCUT2D eigenvalue weighted by Gasteiger charge is -2.15. The summed E-state index contributed by atoms with van der Waals surface area (Å²) >= 11 is 0. The van der Waals surface area contributed by atoms with Crippen LogP contribution in [0.1, 0.15) is 28.2 Å². The van der Waals surface area contributed by atoms with Crippen LogP contribution >= 0.6 is 0 Å². The van der Waals surface area contributed by atoms with Crippen LogP contribution in [-0.2, 0) is 6.42 Å². The van der Waals surface area contributed by atoms with Gasteiger partial charge >= 0.3 is 0 Å². The highest BCUT2D eigenvalue weighted by Crippen LogP contribution is 2.45. The summed E-state index contributed by atoms with van der Waals surface area (Å²) in [6.45, 7) is 3.71. The van der Waals surface area contributed by atoms with Gasteiger partial charge in [-0.3, -0.25) is 0 Å². The van der Waals surface area contributed by atoms with E-state index in [1.807, 2.05) is 44.2 Å². The summed E-state index contributed by atoms with van der Waals surface area (Å²) < 4.78 is 5.55. The van der Waals surface area contributed by atoms with Gasteiger partial charge in [-0.2, -0.15) is 0 Å². The van der Waals surface area contributed by atoms with Crippen LogP contribution in [0.5, 0.6) is 11.5 Å². The second-order valence-corrected chi connectivity index (χ2v) is 5.38. The molecule has 1 heterocycles. The third kappa shape index (κ3) is 2.04. The molecule has 2 N–H and O–H groups in total. The third-order valence-corrected chi connectivity index (χ3v) is 4.01. The van der Waals surface area contributed by atoms with Crippen molar-refractivity contribution < 1.29 is 14.9 Å². The monoisotopic (exact) mass is 270 g/mol. The van der Waals surface area contributed by atoms with Crippen LogP contribution in [0.25, 0.3) is 0 Å². The first kappa shape index (κ1) is 13.0. The number of phenolic OH excluding ortho intramolecular Hbond substituents is 1. The van der Waals surface area contributed by atoms with E-state index in [9.17, 15) is 10.2 Å². The maximum Gasteiger partial charge on any atom is 0.204 e. The van der Waals surface area contributed by atoms with Gasteiger partial charge in [0.05, 0.1) is 5.92 Å². The number of hydrogen-bond acceptors (Lipinski definition) is 3. The van der Waals surface area contributed by atoms with Gasteiger partial charge in [0.15, 0.2) is 0 Å². The predicted molar refractivity (Wildman–Crippen MR) is 77.1 cm³/mol. The molecule has 2 aromatic carbocycles. The number of hydrogen-bond donors (Lipinski definition) is 2. The van der Waals surface area contributed by atoms with E-state index in [-0.39, 0.29) is 5.92 Å². The summed E-state index contributed by atoms with van der Waals surface area (Å²) in [6.07, 6.45) is -0.164. The zero-order valence-corrected chi connectivity index (χ0v) is 11.6. The normalized spacial score (nSPS) is 20.6. The van der Waals surface area contributed by atoms with Crippen LogP contribution in [0.4, 0.5) is 0 Å². The fourth-order valence-corrected chi connectivity index (χ4v) is 2.93. The minimum Gasteiger partial charge on any atom is -0.507 e. The van der Waals surface area contributed by atoms with E-state index in [2.05, 4.69) is 0 Å². The van der Waals surface area contributed by atoms with Crippen molar-refractivity contribution in [2.75, 3.05) is 0 Å². The average Bonchev–Trinajstić information content (AvgIpc) is 2.74.